The molecule has 0 saturated heterocycles. The number of hydrogen-bond donors (Lipinski definition) is 2. The highest BCUT2D eigenvalue weighted by atomic mass is 32.1. The molecule has 0 bridgehead atoms. The third kappa shape index (κ3) is 4.70. The van der Waals surface area contributed by atoms with Gasteiger partial charge in [-0.25, -0.2) is 0 Å². The molecule has 1 aromatic heterocycles. The molecule has 0 radical (unpaired) electrons. The second kappa shape index (κ2) is 9.16. The van der Waals surface area contributed by atoms with Gasteiger partial charge in [0.15, 0.2) is 0 Å². The summed E-state index contributed by atoms with van der Waals surface area (Å²) in [5, 5.41) is 1.82. The second-order valence-electron chi connectivity index (χ2n) is 6.32. The number of carbonyl (C=O) groups is 3. The number of amides is 3. The molecule has 0 fully saturated rings. The summed E-state index contributed by atoms with van der Waals surface area (Å²) in [7, 11) is 1.61. The number of rotatable bonds is 5. The van der Waals surface area contributed by atoms with Crippen molar-refractivity contribution < 1.29 is 14.4 Å². The van der Waals surface area contributed by atoms with Crippen LogP contribution in [0.1, 0.15) is 42.9 Å². The molecule has 2 N–H and O–H groups in total. The predicted octanol–water partition coefficient (Wildman–Crippen LogP) is 3.66. The number of nitrogens with one attached hydrogen (secondary N) is 2. The number of benzene rings is 2. The third-order valence-electron chi connectivity index (χ3n) is 4.46. The lowest BCUT2D eigenvalue weighted by atomic mass is 10.1. The fourth-order valence-corrected chi connectivity index (χ4v) is 3.48. The van der Waals surface area contributed by atoms with Crippen LogP contribution in [0.3, 0.4) is 0 Å². The Kier molecular flexibility index (Phi) is 6.41. The van der Waals surface area contributed by atoms with Crippen molar-refractivity contribution in [2.45, 2.75) is 13.3 Å². The summed E-state index contributed by atoms with van der Waals surface area (Å²) < 4.78 is 0. The normalized spacial score (nSPS) is 10.3. The van der Waals surface area contributed by atoms with Gasteiger partial charge in [0.2, 0.25) is 0 Å². The Balaban J connectivity index is 1.71. The van der Waals surface area contributed by atoms with E-state index >= 15 is 0 Å². The third-order valence-corrected chi connectivity index (χ3v) is 5.32. The zero-order valence-electron chi connectivity index (χ0n) is 16.1. The maximum atomic E-state index is 12.7. The standard InChI is InChI=1S/C22H21N3O3S/c1-3-15-10-12-16(13-11-15)20(26)23-24-21(27)17-7-4-5-8-18(17)25(2)22(28)19-9-6-14-29-19/h4-14H,3H2,1-2H3,(H,23,26)(H,24,27). The molecule has 3 rings (SSSR count). The van der Waals surface area contributed by atoms with Gasteiger partial charge < -0.3 is 4.90 Å². The molecular weight excluding hydrogens is 386 g/mol. The topological polar surface area (TPSA) is 78.5 Å². The molecule has 2 aromatic carbocycles. The van der Waals surface area contributed by atoms with Crippen LogP contribution in [0.4, 0.5) is 5.69 Å². The first kappa shape index (κ1) is 20.3. The van der Waals surface area contributed by atoms with Crippen molar-refractivity contribution in [2.24, 2.45) is 0 Å². The molecular formula is C22H21N3O3S. The Morgan fingerprint density at radius 1 is 0.897 bits per heavy atom. The molecule has 148 valence electrons. The SMILES string of the molecule is CCc1ccc(C(=O)NNC(=O)c2ccccc2N(C)C(=O)c2cccs2)cc1. The van der Waals surface area contributed by atoms with Crippen LogP contribution in [-0.4, -0.2) is 24.8 Å². The van der Waals surface area contributed by atoms with Crippen LogP contribution in [0, 0.1) is 0 Å². The first-order valence-corrected chi connectivity index (χ1v) is 9.99. The Labute approximate surface area is 173 Å². The number of hydrazine groups is 1. The van der Waals surface area contributed by atoms with E-state index in [2.05, 4.69) is 10.9 Å². The van der Waals surface area contributed by atoms with E-state index in [9.17, 15) is 14.4 Å². The van der Waals surface area contributed by atoms with Gasteiger partial charge in [-0.15, -0.1) is 11.3 Å². The molecule has 0 saturated carbocycles. The number of aryl methyl sites for hydroxylation is 1. The quantitative estimate of drug-likeness (QED) is 0.634. The van der Waals surface area contributed by atoms with Crippen molar-refractivity contribution in [1.82, 2.24) is 10.9 Å². The van der Waals surface area contributed by atoms with Crippen molar-refractivity contribution in [3.05, 3.63) is 87.6 Å². The van der Waals surface area contributed by atoms with Crippen molar-refractivity contribution in [2.75, 3.05) is 11.9 Å². The van der Waals surface area contributed by atoms with Gasteiger partial charge in [-0.1, -0.05) is 37.3 Å². The number of thiophene rings is 1. The average molecular weight is 407 g/mol. The Hall–Kier alpha value is -3.45. The van der Waals surface area contributed by atoms with E-state index in [0.29, 0.717) is 16.1 Å². The zero-order valence-corrected chi connectivity index (χ0v) is 17.0. The summed E-state index contributed by atoms with van der Waals surface area (Å²) in [5.74, 6) is -1.13. The fourth-order valence-electron chi connectivity index (χ4n) is 2.78. The minimum Gasteiger partial charge on any atom is -0.310 e. The highest BCUT2D eigenvalue weighted by Crippen LogP contribution is 2.22. The fraction of sp³-hybridized carbons (Fsp3) is 0.136. The van der Waals surface area contributed by atoms with Crippen molar-refractivity contribution in [3.63, 3.8) is 0 Å². The summed E-state index contributed by atoms with van der Waals surface area (Å²) in [4.78, 5) is 39.5. The van der Waals surface area contributed by atoms with Crippen LogP contribution in [0.25, 0.3) is 0 Å². The number of nitrogens with zero attached hydrogens (tertiary/aromatic N) is 1. The summed E-state index contributed by atoms with van der Waals surface area (Å²) >= 11 is 1.33. The number of para-hydroxylation sites is 1. The van der Waals surface area contributed by atoms with Crippen LogP contribution >= 0.6 is 11.3 Å². The Bertz CT molecular complexity index is 1010. The molecule has 29 heavy (non-hydrogen) atoms. The van der Waals surface area contributed by atoms with Crippen LogP contribution in [-0.2, 0) is 6.42 Å². The molecule has 0 spiro atoms. The van der Waals surface area contributed by atoms with Crippen molar-refractivity contribution in [3.8, 4) is 0 Å². The van der Waals surface area contributed by atoms with E-state index in [1.807, 2.05) is 24.4 Å². The van der Waals surface area contributed by atoms with Crippen LogP contribution < -0.4 is 15.8 Å². The van der Waals surface area contributed by atoms with Crippen molar-refractivity contribution >= 4 is 34.7 Å². The lowest BCUT2D eigenvalue weighted by Gasteiger charge is -2.20. The molecule has 0 aliphatic rings. The Morgan fingerprint density at radius 2 is 1.59 bits per heavy atom. The average Bonchev–Trinajstić information content (AvgIpc) is 3.31. The summed E-state index contributed by atoms with van der Waals surface area (Å²) in [5.41, 5.74) is 7.14. The van der Waals surface area contributed by atoms with Crippen molar-refractivity contribution in [1.29, 1.82) is 0 Å². The number of anilines is 1. The van der Waals surface area contributed by atoms with Gasteiger partial charge in [0.25, 0.3) is 17.7 Å². The Morgan fingerprint density at radius 3 is 2.24 bits per heavy atom. The highest BCUT2D eigenvalue weighted by molar-refractivity contribution is 7.12. The van der Waals surface area contributed by atoms with Gasteiger partial charge in [-0.3, -0.25) is 25.2 Å². The first-order valence-electron chi connectivity index (χ1n) is 9.11. The van der Waals surface area contributed by atoms with Crippen LogP contribution in [0.5, 0.6) is 0 Å². The van der Waals surface area contributed by atoms with E-state index < -0.39 is 11.8 Å². The first-order chi connectivity index (χ1) is 14.0. The van der Waals surface area contributed by atoms with Crippen LogP contribution in [0.15, 0.2) is 66.0 Å². The zero-order chi connectivity index (χ0) is 20.8. The molecule has 3 amide bonds. The molecule has 0 aliphatic heterocycles. The molecule has 7 heteroatoms. The lowest BCUT2D eigenvalue weighted by molar-refractivity contribution is 0.0846. The molecule has 3 aromatic rings. The number of hydrogen-bond acceptors (Lipinski definition) is 4. The van der Waals surface area contributed by atoms with E-state index in [0.717, 1.165) is 12.0 Å². The maximum Gasteiger partial charge on any atom is 0.271 e. The molecule has 0 unspecified atom stereocenters. The lowest BCUT2D eigenvalue weighted by Crippen LogP contribution is -2.42. The predicted molar refractivity (Wildman–Crippen MR) is 114 cm³/mol. The van der Waals surface area contributed by atoms with E-state index in [1.54, 1.807) is 55.6 Å². The summed E-state index contributed by atoms with van der Waals surface area (Å²) in [6, 6.07) is 17.4. The van der Waals surface area contributed by atoms with E-state index in [-0.39, 0.29) is 11.5 Å². The number of carbonyl (C=O) groups excluding carboxylic acids is 3. The van der Waals surface area contributed by atoms with Gasteiger partial charge in [-0.05, 0) is 47.7 Å². The molecule has 0 atom stereocenters. The van der Waals surface area contributed by atoms with E-state index in [4.69, 9.17) is 0 Å². The van der Waals surface area contributed by atoms with Gasteiger partial charge in [0.05, 0.1) is 16.1 Å². The minimum atomic E-state index is -0.509. The van der Waals surface area contributed by atoms with Gasteiger partial charge in [0.1, 0.15) is 0 Å². The second-order valence-corrected chi connectivity index (χ2v) is 7.27. The highest BCUT2D eigenvalue weighted by Gasteiger charge is 2.20. The van der Waals surface area contributed by atoms with E-state index in [1.165, 1.54) is 16.2 Å². The largest absolute Gasteiger partial charge is 0.310 e. The smallest absolute Gasteiger partial charge is 0.271 e. The summed E-state index contributed by atoms with van der Waals surface area (Å²) in [6.07, 6.45) is 0.882. The van der Waals surface area contributed by atoms with Gasteiger partial charge >= 0.3 is 0 Å². The molecule has 1 heterocycles. The maximum absolute atomic E-state index is 12.7. The molecule has 0 aliphatic carbocycles. The molecule has 6 nitrogen and oxygen atoms in total. The van der Waals surface area contributed by atoms with Gasteiger partial charge in [-0.2, -0.15) is 0 Å². The minimum absolute atomic E-state index is 0.208. The monoisotopic (exact) mass is 407 g/mol. The van der Waals surface area contributed by atoms with Crippen LogP contribution in [0.2, 0.25) is 0 Å². The van der Waals surface area contributed by atoms with Gasteiger partial charge in [0, 0.05) is 12.6 Å². The summed E-state index contributed by atoms with van der Waals surface area (Å²) in [6.45, 7) is 2.03.